The van der Waals surface area contributed by atoms with Gasteiger partial charge in [0.05, 0.1) is 0 Å². The molecular weight excluding hydrogens is 430 g/mol. The van der Waals surface area contributed by atoms with Crippen LogP contribution in [0.1, 0.15) is 47.4 Å². The second-order valence-electron chi connectivity index (χ2n) is 9.78. The maximum absolute atomic E-state index is 13.2. The van der Waals surface area contributed by atoms with Crippen molar-refractivity contribution in [3.63, 3.8) is 0 Å². The van der Waals surface area contributed by atoms with E-state index in [0.29, 0.717) is 6.42 Å². The molecule has 1 unspecified atom stereocenters. The molecule has 5 rings (SSSR count). The Morgan fingerprint density at radius 1 is 0.943 bits per heavy atom. The maximum Gasteiger partial charge on any atom is 0.220 e. The van der Waals surface area contributed by atoms with Crippen molar-refractivity contribution in [1.29, 1.82) is 0 Å². The number of benzene rings is 3. The van der Waals surface area contributed by atoms with Crippen LogP contribution in [0.4, 0.5) is 0 Å². The number of para-hydroxylation sites is 1. The highest BCUT2D eigenvalue weighted by Crippen LogP contribution is 2.35. The molecule has 0 spiro atoms. The van der Waals surface area contributed by atoms with E-state index in [1.54, 1.807) is 0 Å². The van der Waals surface area contributed by atoms with Gasteiger partial charge in [-0.15, -0.1) is 0 Å². The van der Waals surface area contributed by atoms with E-state index in [-0.39, 0.29) is 11.8 Å². The summed E-state index contributed by atoms with van der Waals surface area (Å²) in [6.45, 7) is 6.90. The number of nitrogens with zero attached hydrogens (tertiary/aromatic N) is 2. The first-order valence-electron chi connectivity index (χ1n) is 12.8. The van der Waals surface area contributed by atoms with Crippen LogP contribution in [-0.2, 0) is 11.3 Å². The molecule has 4 aromatic rings. The van der Waals surface area contributed by atoms with E-state index in [9.17, 15) is 4.79 Å². The first-order valence-corrected chi connectivity index (χ1v) is 12.8. The van der Waals surface area contributed by atoms with Gasteiger partial charge in [0.15, 0.2) is 0 Å². The van der Waals surface area contributed by atoms with Crippen molar-refractivity contribution in [2.75, 3.05) is 26.2 Å². The fraction of sp³-hybridized carbons (Fsp3) is 0.323. The summed E-state index contributed by atoms with van der Waals surface area (Å²) in [5, 5.41) is 4.42. The molecule has 4 nitrogen and oxygen atoms in total. The zero-order valence-corrected chi connectivity index (χ0v) is 20.6. The second-order valence-corrected chi connectivity index (χ2v) is 9.78. The Labute approximate surface area is 208 Å². The Morgan fingerprint density at radius 2 is 1.71 bits per heavy atom. The summed E-state index contributed by atoms with van der Waals surface area (Å²) in [4.78, 5) is 15.6. The minimum atomic E-state index is 0.00334. The van der Waals surface area contributed by atoms with Crippen molar-refractivity contribution >= 4 is 16.8 Å². The zero-order valence-electron chi connectivity index (χ0n) is 20.6. The molecule has 0 saturated carbocycles. The summed E-state index contributed by atoms with van der Waals surface area (Å²) < 4.78 is 2.33. The third-order valence-electron chi connectivity index (χ3n) is 7.17. The fourth-order valence-corrected chi connectivity index (χ4v) is 5.38. The molecule has 180 valence electrons. The SMILES string of the molecule is Cc1cccc(C(CC(=O)NCCN2CCCC2)c2cn(Cc3ccccc3)c3ccccc23)c1. The molecule has 4 heteroatoms. The number of aryl methyl sites for hydroxylation is 1. The molecular formula is C31H35N3O. The summed E-state index contributed by atoms with van der Waals surface area (Å²) in [5.74, 6) is 0.124. The smallest absolute Gasteiger partial charge is 0.220 e. The fourth-order valence-electron chi connectivity index (χ4n) is 5.38. The van der Waals surface area contributed by atoms with Crippen LogP contribution in [-0.4, -0.2) is 41.6 Å². The summed E-state index contributed by atoms with van der Waals surface area (Å²) in [6.07, 6.45) is 5.26. The molecule has 0 bridgehead atoms. The second kappa shape index (κ2) is 10.9. The summed E-state index contributed by atoms with van der Waals surface area (Å²) in [7, 11) is 0. The van der Waals surface area contributed by atoms with Crippen molar-refractivity contribution in [3.05, 3.63) is 107 Å². The van der Waals surface area contributed by atoms with Crippen molar-refractivity contribution in [1.82, 2.24) is 14.8 Å². The van der Waals surface area contributed by atoms with E-state index in [4.69, 9.17) is 0 Å². The Morgan fingerprint density at radius 3 is 2.51 bits per heavy atom. The van der Waals surface area contributed by atoms with Crippen LogP contribution in [0.5, 0.6) is 0 Å². The van der Waals surface area contributed by atoms with Gasteiger partial charge in [-0.25, -0.2) is 0 Å². The Balaban J connectivity index is 1.44. The number of fused-ring (bicyclic) bond motifs is 1. The number of likely N-dealkylation sites (tertiary alicyclic amines) is 1. The van der Waals surface area contributed by atoms with Crippen molar-refractivity contribution < 1.29 is 4.79 Å². The number of rotatable bonds is 9. The topological polar surface area (TPSA) is 37.3 Å². The third-order valence-corrected chi connectivity index (χ3v) is 7.17. The molecule has 2 heterocycles. The quantitative estimate of drug-likeness (QED) is 0.343. The highest BCUT2D eigenvalue weighted by atomic mass is 16.1. The Bertz CT molecular complexity index is 1270. The largest absolute Gasteiger partial charge is 0.355 e. The molecule has 1 amide bonds. The summed E-state index contributed by atoms with van der Waals surface area (Å²) in [5.41, 5.74) is 6.11. The number of aromatic nitrogens is 1. The van der Waals surface area contributed by atoms with Crippen LogP contribution in [0.15, 0.2) is 85.1 Å². The predicted octanol–water partition coefficient (Wildman–Crippen LogP) is 5.73. The normalized spacial score (nSPS) is 14.9. The Kier molecular flexibility index (Phi) is 7.29. The average molecular weight is 466 g/mol. The summed E-state index contributed by atoms with van der Waals surface area (Å²) >= 11 is 0. The van der Waals surface area contributed by atoms with Gasteiger partial charge in [0.2, 0.25) is 5.91 Å². The van der Waals surface area contributed by atoms with Crippen LogP contribution in [0.3, 0.4) is 0 Å². The van der Waals surface area contributed by atoms with E-state index in [0.717, 1.165) is 32.7 Å². The lowest BCUT2D eigenvalue weighted by Gasteiger charge is -2.19. The summed E-state index contributed by atoms with van der Waals surface area (Å²) in [6, 6.07) is 27.8. The highest BCUT2D eigenvalue weighted by molar-refractivity contribution is 5.86. The molecule has 0 aliphatic carbocycles. The van der Waals surface area contributed by atoms with Crippen LogP contribution in [0, 0.1) is 6.92 Å². The maximum atomic E-state index is 13.2. The third kappa shape index (κ3) is 5.66. The standard InChI is InChI=1S/C31H35N3O/c1-24-10-9-13-26(20-24)28(21-31(35)32-16-19-33-17-7-8-18-33)29-23-34(22-25-11-3-2-4-12-25)30-15-6-5-14-27(29)30/h2-6,9-15,20,23,28H,7-8,16-19,21-22H2,1H3,(H,32,35). The number of carbonyl (C=O) groups excluding carboxylic acids is 1. The first kappa shape index (κ1) is 23.4. The lowest BCUT2D eigenvalue weighted by molar-refractivity contribution is -0.121. The molecule has 3 aromatic carbocycles. The molecule has 1 aliphatic rings. The lowest BCUT2D eigenvalue weighted by atomic mass is 9.87. The van der Waals surface area contributed by atoms with Gasteiger partial charge in [0.1, 0.15) is 0 Å². The minimum absolute atomic E-state index is 0.00334. The first-order chi connectivity index (χ1) is 17.2. The zero-order chi connectivity index (χ0) is 24.0. The highest BCUT2D eigenvalue weighted by Gasteiger charge is 2.23. The van der Waals surface area contributed by atoms with E-state index in [1.165, 1.54) is 46.0 Å². The molecule has 1 atom stereocenters. The van der Waals surface area contributed by atoms with Gasteiger partial charge in [-0.3, -0.25) is 4.79 Å². The molecule has 1 N–H and O–H groups in total. The lowest BCUT2D eigenvalue weighted by Crippen LogP contribution is -2.34. The van der Waals surface area contributed by atoms with Gasteiger partial charge in [-0.05, 0) is 55.6 Å². The molecule has 1 aromatic heterocycles. The molecule has 1 aliphatic heterocycles. The van der Waals surface area contributed by atoms with Crippen molar-refractivity contribution in [2.24, 2.45) is 0 Å². The number of nitrogens with one attached hydrogen (secondary N) is 1. The van der Waals surface area contributed by atoms with E-state index < -0.39 is 0 Å². The van der Waals surface area contributed by atoms with Crippen LogP contribution in [0.25, 0.3) is 10.9 Å². The van der Waals surface area contributed by atoms with E-state index in [1.807, 2.05) is 0 Å². The molecule has 1 fully saturated rings. The predicted molar refractivity (Wildman–Crippen MR) is 144 cm³/mol. The van der Waals surface area contributed by atoms with Gasteiger partial charge in [0, 0.05) is 49.1 Å². The van der Waals surface area contributed by atoms with Crippen molar-refractivity contribution in [3.8, 4) is 0 Å². The molecule has 35 heavy (non-hydrogen) atoms. The molecule has 1 saturated heterocycles. The van der Waals surface area contributed by atoms with Gasteiger partial charge in [-0.1, -0.05) is 78.4 Å². The van der Waals surface area contributed by atoms with Gasteiger partial charge >= 0.3 is 0 Å². The number of hydrogen-bond donors (Lipinski definition) is 1. The van der Waals surface area contributed by atoms with Gasteiger partial charge in [-0.2, -0.15) is 0 Å². The van der Waals surface area contributed by atoms with Gasteiger partial charge < -0.3 is 14.8 Å². The number of amides is 1. The average Bonchev–Trinajstić information content (AvgIpc) is 3.52. The van der Waals surface area contributed by atoms with Gasteiger partial charge in [0.25, 0.3) is 0 Å². The minimum Gasteiger partial charge on any atom is -0.355 e. The van der Waals surface area contributed by atoms with Crippen LogP contribution < -0.4 is 5.32 Å². The van der Waals surface area contributed by atoms with Crippen LogP contribution in [0.2, 0.25) is 0 Å². The van der Waals surface area contributed by atoms with E-state index in [2.05, 4.69) is 107 Å². The monoisotopic (exact) mass is 465 g/mol. The van der Waals surface area contributed by atoms with Crippen LogP contribution >= 0.6 is 0 Å². The molecule has 0 radical (unpaired) electrons. The Hall–Kier alpha value is -3.37. The van der Waals surface area contributed by atoms with E-state index >= 15 is 0 Å². The number of hydrogen-bond acceptors (Lipinski definition) is 2. The number of carbonyl (C=O) groups is 1. The van der Waals surface area contributed by atoms with Crippen molar-refractivity contribution in [2.45, 2.75) is 38.6 Å².